The second kappa shape index (κ2) is 8.92. The fourth-order valence-electron chi connectivity index (χ4n) is 3.93. The fraction of sp³-hybridized carbons (Fsp3) is 0.304. The van der Waals surface area contributed by atoms with Gasteiger partial charge in [0.05, 0.1) is 6.04 Å². The van der Waals surface area contributed by atoms with Crippen LogP contribution in [0.15, 0.2) is 54.6 Å². The highest BCUT2D eigenvalue weighted by Gasteiger charge is 2.31. The van der Waals surface area contributed by atoms with Crippen molar-refractivity contribution in [3.63, 3.8) is 0 Å². The lowest BCUT2D eigenvalue weighted by Gasteiger charge is -2.42. The molecule has 2 aromatic rings. The van der Waals surface area contributed by atoms with E-state index in [0.717, 1.165) is 26.1 Å². The Kier molecular flexibility index (Phi) is 6.34. The lowest BCUT2D eigenvalue weighted by atomic mass is 9.96. The summed E-state index contributed by atoms with van der Waals surface area (Å²) in [5.41, 5.74) is 7.28. The Labute approximate surface area is 170 Å². The summed E-state index contributed by atoms with van der Waals surface area (Å²) < 4.78 is 0. The monoisotopic (exact) mass is 394 g/mol. The zero-order valence-electron chi connectivity index (χ0n) is 16.7. The van der Waals surface area contributed by atoms with E-state index in [0.29, 0.717) is 18.2 Å². The summed E-state index contributed by atoms with van der Waals surface area (Å²) in [4.78, 5) is 24.2. The van der Waals surface area contributed by atoms with E-state index in [1.165, 1.54) is 27.9 Å². The minimum Gasteiger partial charge on any atom is -0.478 e. The number of carboxylic acid groups (broad SMARTS) is 2. The lowest BCUT2D eigenvalue weighted by Crippen LogP contribution is -2.46. The van der Waals surface area contributed by atoms with Gasteiger partial charge in [-0.15, -0.1) is 0 Å². The van der Waals surface area contributed by atoms with Crippen molar-refractivity contribution in [1.82, 2.24) is 4.90 Å². The van der Waals surface area contributed by atoms with Crippen LogP contribution in [0.1, 0.15) is 28.3 Å². The molecular formula is C23H26N2O4. The summed E-state index contributed by atoms with van der Waals surface area (Å²) in [7, 11) is 2.24. The number of aryl methyl sites for hydroxylation is 1. The number of nitrogens with zero attached hydrogens (tertiary/aromatic N) is 2. The van der Waals surface area contributed by atoms with E-state index in [1.807, 2.05) is 0 Å². The molecule has 1 atom stereocenters. The zero-order chi connectivity index (χ0) is 21.0. The third-order valence-electron chi connectivity index (χ3n) is 5.30. The van der Waals surface area contributed by atoms with Gasteiger partial charge in [-0.2, -0.15) is 0 Å². The largest absolute Gasteiger partial charge is 0.478 e. The second-order valence-corrected chi connectivity index (χ2v) is 7.49. The number of carboxylic acids is 2. The molecule has 0 aromatic heterocycles. The molecule has 4 rings (SSSR count). The topological polar surface area (TPSA) is 81.1 Å². The molecule has 29 heavy (non-hydrogen) atoms. The molecule has 6 heteroatoms. The van der Waals surface area contributed by atoms with Gasteiger partial charge in [0.1, 0.15) is 0 Å². The summed E-state index contributed by atoms with van der Waals surface area (Å²) in [6.07, 6.45) is 2.17. The number of aliphatic carboxylic acids is 2. The third kappa shape index (κ3) is 5.03. The smallest absolute Gasteiger partial charge is 0.328 e. The Morgan fingerprint density at radius 1 is 1.00 bits per heavy atom. The van der Waals surface area contributed by atoms with E-state index in [1.54, 1.807) is 0 Å². The molecule has 152 valence electrons. The summed E-state index contributed by atoms with van der Waals surface area (Å²) >= 11 is 0. The van der Waals surface area contributed by atoms with Crippen molar-refractivity contribution in [3.8, 4) is 0 Å². The minimum absolute atomic E-state index is 0.489. The van der Waals surface area contributed by atoms with E-state index >= 15 is 0 Å². The first-order valence-electron chi connectivity index (χ1n) is 9.61. The van der Waals surface area contributed by atoms with Crippen molar-refractivity contribution in [2.75, 3.05) is 31.6 Å². The molecule has 0 spiro atoms. The number of rotatable bonds is 2. The second-order valence-electron chi connectivity index (χ2n) is 7.49. The first-order chi connectivity index (χ1) is 13.8. The molecule has 0 radical (unpaired) electrons. The van der Waals surface area contributed by atoms with Crippen LogP contribution in [0.4, 0.5) is 5.69 Å². The molecule has 6 nitrogen and oxygen atoms in total. The molecule has 1 saturated heterocycles. The standard InChI is InChI=1S/C19H22N2.C4H4O4/c1-14-7-8-16-12-15-5-3-4-6-17(15)19-13-20(2)9-10-21(19)18(16)11-14;5-3(6)1-2-4(7)8/h3-8,11,19H,9-10,12-13H2,1-2H3;1-2H,(H,5,6)(H,7,8)/b;2-1-. The van der Waals surface area contributed by atoms with Gasteiger partial charge in [-0.1, -0.05) is 36.4 Å². The zero-order valence-corrected chi connectivity index (χ0v) is 16.7. The molecule has 0 aliphatic carbocycles. The third-order valence-corrected chi connectivity index (χ3v) is 5.30. The van der Waals surface area contributed by atoms with Crippen molar-refractivity contribution >= 4 is 17.6 Å². The fourth-order valence-corrected chi connectivity index (χ4v) is 3.93. The number of piperazine rings is 1. The van der Waals surface area contributed by atoms with E-state index in [2.05, 4.69) is 66.2 Å². The number of anilines is 1. The number of benzene rings is 2. The van der Waals surface area contributed by atoms with E-state index < -0.39 is 11.9 Å². The molecule has 2 aliphatic rings. The number of carbonyl (C=O) groups is 2. The predicted molar refractivity (Wildman–Crippen MR) is 112 cm³/mol. The summed E-state index contributed by atoms with van der Waals surface area (Å²) in [6, 6.07) is 16.4. The summed E-state index contributed by atoms with van der Waals surface area (Å²) in [5, 5.41) is 15.6. The van der Waals surface area contributed by atoms with Gasteiger partial charge < -0.3 is 20.0 Å². The van der Waals surface area contributed by atoms with Gasteiger partial charge in [-0.05, 0) is 48.7 Å². The van der Waals surface area contributed by atoms with E-state index in [4.69, 9.17) is 10.2 Å². The Bertz CT molecular complexity index is 922. The van der Waals surface area contributed by atoms with Crippen LogP contribution in [-0.4, -0.2) is 53.7 Å². The number of hydrogen-bond donors (Lipinski definition) is 2. The maximum atomic E-state index is 9.55. The van der Waals surface area contributed by atoms with Gasteiger partial charge in [-0.3, -0.25) is 0 Å². The molecule has 2 aromatic carbocycles. The maximum Gasteiger partial charge on any atom is 0.328 e. The Morgan fingerprint density at radius 3 is 2.38 bits per heavy atom. The average Bonchev–Trinajstić information content (AvgIpc) is 2.81. The lowest BCUT2D eigenvalue weighted by molar-refractivity contribution is -0.134. The van der Waals surface area contributed by atoms with Crippen LogP contribution in [0.5, 0.6) is 0 Å². The number of hydrogen-bond acceptors (Lipinski definition) is 4. The highest BCUT2D eigenvalue weighted by atomic mass is 16.4. The van der Waals surface area contributed by atoms with Crippen molar-refractivity contribution in [3.05, 3.63) is 76.9 Å². The molecular weight excluding hydrogens is 368 g/mol. The predicted octanol–water partition coefficient (Wildman–Crippen LogP) is 3.10. The Balaban J connectivity index is 0.000000258. The van der Waals surface area contributed by atoms with Crippen LogP contribution in [-0.2, 0) is 16.0 Å². The van der Waals surface area contributed by atoms with Gasteiger partial charge >= 0.3 is 11.9 Å². The molecule has 1 fully saturated rings. The molecule has 2 N–H and O–H groups in total. The normalized spacial score (nSPS) is 18.0. The van der Waals surface area contributed by atoms with Crippen LogP contribution in [0.25, 0.3) is 0 Å². The van der Waals surface area contributed by atoms with Gasteiger partial charge in [0, 0.05) is 37.5 Å². The molecule has 0 bridgehead atoms. The first-order valence-corrected chi connectivity index (χ1v) is 9.61. The average molecular weight is 394 g/mol. The summed E-state index contributed by atoms with van der Waals surface area (Å²) in [5.74, 6) is -2.51. The van der Waals surface area contributed by atoms with Gasteiger partial charge in [-0.25, -0.2) is 9.59 Å². The quantitative estimate of drug-likeness (QED) is 0.762. The van der Waals surface area contributed by atoms with Crippen LogP contribution in [0, 0.1) is 6.92 Å². The van der Waals surface area contributed by atoms with Gasteiger partial charge in [0.15, 0.2) is 0 Å². The van der Waals surface area contributed by atoms with E-state index in [9.17, 15) is 9.59 Å². The highest BCUT2D eigenvalue weighted by Crippen LogP contribution is 2.39. The molecule has 2 aliphatic heterocycles. The van der Waals surface area contributed by atoms with Crippen LogP contribution in [0.3, 0.4) is 0 Å². The SMILES string of the molecule is Cc1ccc2c(c1)N1CCN(C)CC1c1ccccc1C2.O=C(O)/C=C\C(=O)O. The minimum atomic E-state index is -1.26. The van der Waals surface area contributed by atoms with Crippen molar-refractivity contribution in [2.45, 2.75) is 19.4 Å². The highest BCUT2D eigenvalue weighted by molar-refractivity contribution is 5.89. The van der Waals surface area contributed by atoms with Crippen LogP contribution < -0.4 is 4.90 Å². The number of likely N-dealkylation sites (N-methyl/N-ethyl adjacent to an activating group) is 1. The van der Waals surface area contributed by atoms with Crippen molar-refractivity contribution < 1.29 is 19.8 Å². The summed E-state index contributed by atoms with van der Waals surface area (Å²) in [6.45, 7) is 5.58. The van der Waals surface area contributed by atoms with Gasteiger partial charge in [0.2, 0.25) is 0 Å². The van der Waals surface area contributed by atoms with Crippen LogP contribution >= 0.6 is 0 Å². The molecule has 1 unspecified atom stereocenters. The van der Waals surface area contributed by atoms with Crippen molar-refractivity contribution in [1.29, 1.82) is 0 Å². The Hall–Kier alpha value is -3.12. The van der Waals surface area contributed by atoms with Crippen molar-refractivity contribution in [2.24, 2.45) is 0 Å². The molecule has 0 amide bonds. The number of fused-ring (bicyclic) bond motifs is 5. The maximum absolute atomic E-state index is 9.55. The molecule has 2 heterocycles. The van der Waals surface area contributed by atoms with Crippen LogP contribution in [0.2, 0.25) is 0 Å². The molecule has 0 saturated carbocycles. The Morgan fingerprint density at radius 2 is 1.69 bits per heavy atom. The van der Waals surface area contributed by atoms with E-state index in [-0.39, 0.29) is 0 Å². The first kappa shape index (κ1) is 20.6. The van der Waals surface area contributed by atoms with Gasteiger partial charge in [0.25, 0.3) is 0 Å².